The maximum Gasteiger partial charge on any atom is 0.115 e. The molecule has 1 aliphatic rings. The van der Waals surface area contributed by atoms with Gasteiger partial charge in [0.1, 0.15) is 5.37 Å². The molecular weight excluding hydrogens is 198 g/mol. The van der Waals surface area contributed by atoms with Crippen LogP contribution in [0, 0.1) is 0 Å². The predicted octanol–water partition coefficient (Wildman–Crippen LogP) is 0.316. The summed E-state index contributed by atoms with van der Waals surface area (Å²) < 4.78 is 0. The van der Waals surface area contributed by atoms with E-state index in [0.29, 0.717) is 0 Å². The molecule has 1 atom stereocenters. The molecule has 0 aromatic heterocycles. The fraction of sp³-hybridized carbons (Fsp3) is 0.300. The van der Waals surface area contributed by atoms with E-state index >= 15 is 0 Å². The molecule has 1 saturated heterocycles. The molecule has 1 fully saturated rings. The summed E-state index contributed by atoms with van der Waals surface area (Å²) in [7, 11) is 0. The molecule has 0 bridgehead atoms. The summed E-state index contributed by atoms with van der Waals surface area (Å²) in [6, 6.07) is 9.57. The van der Waals surface area contributed by atoms with E-state index in [9.17, 15) is 9.90 Å². The SMILES string of the molecule is O=C([O-])[C@H]1SCCN1c1ccccc1. The van der Waals surface area contributed by atoms with Crippen molar-refractivity contribution in [2.45, 2.75) is 5.37 Å². The Kier molecular flexibility index (Phi) is 2.63. The summed E-state index contributed by atoms with van der Waals surface area (Å²) in [6.07, 6.45) is 0. The van der Waals surface area contributed by atoms with Crippen molar-refractivity contribution in [1.29, 1.82) is 0 Å². The van der Waals surface area contributed by atoms with Gasteiger partial charge in [0, 0.05) is 18.0 Å². The van der Waals surface area contributed by atoms with Crippen LogP contribution < -0.4 is 10.0 Å². The second-order valence-electron chi connectivity index (χ2n) is 3.07. The number of rotatable bonds is 2. The van der Waals surface area contributed by atoms with Crippen LogP contribution >= 0.6 is 11.8 Å². The molecule has 0 radical (unpaired) electrons. The quantitative estimate of drug-likeness (QED) is 0.702. The number of carboxylic acids is 1. The Bertz CT molecular complexity index is 328. The number of anilines is 1. The van der Waals surface area contributed by atoms with Crippen molar-refractivity contribution in [1.82, 2.24) is 0 Å². The highest BCUT2D eigenvalue weighted by Gasteiger charge is 2.25. The molecule has 0 unspecified atom stereocenters. The number of carboxylic acid groups (broad SMARTS) is 1. The van der Waals surface area contributed by atoms with Gasteiger partial charge in [-0.15, -0.1) is 11.8 Å². The molecule has 0 N–H and O–H groups in total. The molecule has 74 valence electrons. The lowest BCUT2D eigenvalue weighted by molar-refractivity contribution is -0.304. The normalized spacial score (nSPS) is 21.1. The molecule has 4 heteroatoms. The molecule has 1 aromatic rings. The number of carbonyl (C=O) groups is 1. The Labute approximate surface area is 86.7 Å². The highest BCUT2D eigenvalue weighted by molar-refractivity contribution is 8.01. The Balaban J connectivity index is 2.22. The predicted molar refractivity (Wildman–Crippen MR) is 55.0 cm³/mol. The summed E-state index contributed by atoms with van der Waals surface area (Å²) in [5, 5.41) is 10.3. The van der Waals surface area contributed by atoms with Gasteiger partial charge in [-0.2, -0.15) is 0 Å². The first-order valence-electron chi connectivity index (χ1n) is 4.43. The van der Waals surface area contributed by atoms with Crippen molar-refractivity contribution in [2.75, 3.05) is 17.2 Å². The number of hydrogen-bond acceptors (Lipinski definition) is 4. The largest absolute Gasteiger partial charge is 0.547 e. The smallest absolute Gasteiger partial charge is 0.115 e. The molecule has 2 rings (SSSR count). The highest BCUT2D eigenvalue weighted by Crippen LogP contribution is 2.28. The number of nitrogens with zero attached hydrogens (tertiary/aromatic N) is 1. The van der Waals surface area contributed by atoms with E-state index in [4.69, 9.17) is 0 Å². The fourth-order valence-corrected chi connectivity index (χ4v) is 2.62. The lowest BCUT2D eigenvalue weighted by Crippen LogP contribution is -2.43. The second-order valence-corrected chi connectivity index (χ2v) is 4.26. The van der Waals surface area contributed by atoms with Gasteiger partial charge in [0.05, 0.1) is 5.97 Å². The minimum Gasteiger partial charge on any atom is -0.547 e. The summed E-state index contributed by atoms with van der Waals surface area (Å²) in [5.41, 5.74) is 0.951. The van der Waals surface area contributed by atoms with Gasteiger partial charge in [-0.3, -0.25) is 0 Å². The fourth-order valence-electron chi connectivity index (χ4n) is 1.55. The molecule has 3 nitrogen and oxygen atoms in total. The van der Waals surface area contributed by atoms with Gasteiger partial charge >= 0.3 is 0 Å². The van der Waals surface area contributed by atoms with E-state index in [-0.39, 0.29) is 0 Å². The number of para-hydroxylation sites is 1. The molecule has 0 spiro atoms. The van der Waals surface area contributed by atoms with Gasteiger partial charge in [-0.05, 0) is 12.1 Å². The van der Waals surface area contributed by atoms with E-state index < -0.39 is 11.3 Å². The maximum atomic E-state index is 10.8. The standard InChI is InChI=1S/C10H11NO2S/c12-10(13)9-11(6-7-14-9)8-4-2-1-3-5-8/h1-5,9H,6-7H2,(H,12,13)/p-1/t9-/m1/s1. The van der Waals surface area contributed by atoms with Crippen LogP contribution in [-0.4, -0.2) is 23.6 Å². The number of hydrogen-bond donors (Lipinski definition) is 0. The van der Waals surface area contributed by atoms with Crippen molar-refractivity contribution in [2.24, 2.45) is 0 Å². The van der Waals surface area contributed by atoms with Gasteiger partial charge in [-0.25, -0.2) is 0 Å². The van der Waals surface area contributed by atoms with Crippen LogP contribution in [0.15, 0.2) is 30.3 Å². The molecule has 1 aliphatic heterocycles. The third-order valence-electron chi connectivity index (χ3n) is 2.18. The molecule has 1 heterocycles. The number of benzene rings is 1. The van der Waals surface area contributed by atoms with Crippen molar-refractivity contribution >= 4 is 23.4 Å². The van der Waals surface area contributed by atoms with Gasteiger partial charge < -0.3 is 14.8 Å². The zero-order chi connectivity index (χ0) is 9.97. The average Bonchev–Trinajstić information content (AvgIpc) is 2.67. The first kappa shape index (κ1) is 9.40. The molecule has 0 amide bonds. The van der Waals surface area contributed by atoms with E-state index in [2.05, 4.69) is 0 Å². The van der Waals surface area contributed by atoms with Crippen LogP contribution in [0.2, 0.25) is 0 Å². The zero-order valence-electron chi connectivity index (χ0n) is 7.55. The molecule has 14 heavy (non-hydrogen) atoms. The summed E-state index contributed by atoms with van der Waals surface area (Å²) in [4.78, 5) is 12.7. The van der Waals surface area contributed by atoms with Gasteiger partial charge in [-0.1, -0.05) is 18.2 Å². The Morgan fingerprint density at radius 3 is 2.79 bits per heavy atom. The van der Waals surface area contributed by atoms with Crippen molar-refractivity contribution < 1.29 is 9.90 Å². The molecule has 0 saturated carbocycles. The van der Waals surface area contributed by atoms with Crippen LogP contribution in [0.3, 0.4) is 0 Å². The van der Waals surface area contributed by atoms with E-state index in [1.165, 1.54) is 11.8 Å². The minimum absolute atomic E-state index is 0.530. The molecular formula is C10H10NO2S-. The van der Waals surface area contributed by atoms with Crippen molar-refractivity contribution in [3.8, 4) is 0 Å². The first-order valence-corrected chi connectivity index (χ1v) is 5.48. The van der Waals surface area contributed by atoms with E-state index in [1.54, 1.807) is 0 Å². The van der Waals surface area contributed by atoms with Crippen LogP contribution in [0.1, 0.15) is 0 Å². The van der Waals surface area contributed by atoms with Crippen LogP contribution in [-0.2, 0) is 4.79 Å². The maximum absolute atomic E-state index is 10.8. The lowest BCUT2D eigenvalue weighted by Gasteiger charge is -2.26. The summed E-state index contributed by atoms with van der Waals surface area (Å²) >= 11 is 1.42. The first-order chi connectivity index (χ1) is 6.79. The van der Waals surface area contributed by atoms with Gasteiger partial charge in [0.25, 0.3) is 0 Å². The van der Waals surface area contributed by atoms with Crippen LogP contribution in [0.5, 0.6) is 0 Å². The Morgan fingerprint density at radius 1 is 1.43 bits per heavy atom. The average molecular weight is 208 g/mol. The number of carbonyl (C=O) groups excluding carboxylic acids is 1. The Morgan fingerprint density at radius 2 is 2.14 bits per heavy atom. The second kappa shape index (κ2) is 3.92. The van der Waals surface area contributed by atoms with E-state index in [1.807, 2.05) is 35.2 Å². The van der Waals surface area contributed by atoms with Gasteiger partial charge in [0.15, 0.2) is 0 Å². The van der Waals surface area contributed by atoms with Crippen LogP contribution in [0.25, 0.3) is 0 Å². The van der Waals surface area contributed by atoms with Gasteiger partial charge in [0.2, 0.25) is 0 Å². The number of thioether (sulfide) groups is 1. The van der Waals surface area contributed by atoms with E-state index in [0.717, 1.165) is 18.0 Å². The van der Waals surface area contributed by atoms with Crippen LogP contribution in [0.4, 0.5) is 5.69 Å². The molecule has 0 aliphatic carbocycles. The summed E-state index contributed by atoms with van der Waals surface area (Å²) in [5.74, 6) is -0.163. The Hall–Kier alpha value is -1.16. The minimum atomic E-state index is -1.00. The monoisotopic (exact) mass is 208 g/mol. The van der Waals surface area contributed by atoms with Crippen molar-refractivity contribution in [3.05, 3.63) is 30.3 Å². The zero-order valence-corrected chi connectivity index (χ0v) is 8.37. The third kappa shape index (κ3) is 1.70. The third-order valence-corrected chi connectivity index (χ3v) is 3.36. The highest BCUT2D eigenvalue weighted by atomic mass is 32.2. The topological polar surface area (TPSA) is 43.4 Å². The summed E-state index contributed by atoms with van der Waals surface area (Å²) in [6.45, 7) is 0.771. The number of aliphatic carboxylic acids is 1. The lowest BCUT2D eigenvalue weighted by atomic mass is 10.3. The molecule has 1 aromatic carbocycles. The van der Waals surface area contributed by atoms with Crippen molar-refractivity contribution in [3.63, 3.8) is 0 Å².